The molecule has 0 spiro atoms. The van der Waals surface area contributed by atoms with E-state index in [4.69, 9.17) is 9.26 Å². The maximum absolute atomic E-state index is 12.4. The van der Waals surface area contributed by atoms with Crippen LogP contribution in [0.2, 0.25) is 0 Å². The molecule has 3 heterocycles. The molecule has 8 nitrogen and oxygen atoms in total. The van der Waals surface area contributed by atoms with Crippen molar-refractivity contribution >= 4 is 23.5 Å². The van der Waals surface area contributed by atoms with Gasteiger partial charge in [-0.15, -0.1) is 5.10 Å². The molecule has 4 rings (SSSR count). The topological polar surface area (TPSA) is 95.4 Å². The standard InChI is InChI=1S/C20H19N5O3S/c1-12-16(13(2)25-19(21-12)22-20(23-25)29-3)10-18(26)27-11-15-9-17(28-24-15)14-7-5-4-6-8-14/h4-9H,10-11H2,1-3H3. The highest BCUT2D eigenvalue weighted by atomic mass is 32.2. The number of carbonyl (C=O) groups excluding carboxylic acids is 1. The molecule has 0 bridgehead atoms. The molecule has 0 amide bonds. The van der Waals surface area contributed by atoms with Gasteiger partial charge < -0.3 is 9.26 Å². The molecule has 0 aliphatic rings. The van der Waals surface area contributed by atoms with Crippen LogP contribution in [0.5, 0.6) is 0 Å². The number of hydrogen-bond acceptors (Lipinski definition) is 8. The maximum atomic E-state index is 12.4. The van der Waals surface area contributed by atoms with Crippen molar-refractivity contribution in [1.29, 1.82) is 0 Å². The van der Waals surface area contributed by atoms with E-state index in [-0.39, 0.29) is 19.0 Å². The number of hydrogen-bond donors (Lipinski definition) is 0. The number of esters is 1. The molecule has 1 aromatic carbocycles. The van der Waals surface area contributed by atoms with Gasteiger partial charge in [0.2, 0.25) is 5.16 Å². The van der Waals surface area contributed by atoms with E-state index in [2.05, 4.69) is 20.2 Å². The van der Waals surface area contributed by atoms with Gasteiger partial charge in [-0.05, 0) is 20.1 Å². The first-order valence-electron chi connectivity index (χ1n) is 8.98. The van der Waals surface area contributed by atoms with Gasteiger partial charge in [-0.2, -0.15) is 4.98 Å². The van der Waals surface area contributed by atoms with Gasteiger partial charge in [-0.3, -0.25) is 4.79 Å². The van der Waals surface area contributed by atoms with E-state index in [0.29, 0.717) is 22.4 Å². The number of aryl methyl sites for hydroxylation is 2. The lowest BCUT2D eigenvalue weighted by Gasteiger charge is -2.09. The number of benzene rings is 1. The largest absolute Gasteiger partial charge is 0.459 e. The summed E-state index contributed by atoms with van der Waals surface area (Å²) in [5.41, 5.74) is 3.82. The van der Waals surface area contributed by atoms with Crippen LogP contribution in [0.25, 0.3) is 17.1 Å². The van der Waals surface area contributed by atoms with Crippen LogP contribution in [0.3, 0.4) is 0 Å². The lowest BCUT2D eigenvalue weighted by Crippen LogP contribution is -2.13. The van der Waals surface area contributed by atoms with Gasteiger partial charge in [-0.1, -0.05) is 47.3 Å². The number of thioether (sulfide) groups is 1. The number of fused-ring (bicyclic) bond motifs is 1. The Kier molecular flexibility index (Phi) is 5.30. The van der Waals surface area contributed by atoms with E-state index >= 15 is 0 Å². The minimum Gasteiger partial charge on any atom is -0.459 e. The first kappa shape index (κ1) is 19.1. The Morgan fingerprint density at radius 2 is 2.00 bits per heavy atom. The fourth-order valence-electron chi connectivity index (χ4n) is 3.00. The van der Waals surface area contributed by atoms with E-state index < -0.39 is 0 Å². The molecule has 0 radical (unpaired) electrons. The molecule has 0 unspecified atom stereocenters. The zero-order chi connectivity index (χ0) is 20.4. The summed E-state index contributed by atoms with van der Waals surface area (Å²) in [6.07, 6.45) is 2.00. The molecule has 148 valence electrons. The fourth-order valence-corrected chi connectivity index (χ4v) is 3.34. The van der Waals surface area contributed by atoms with E-state index in [1.807, 2.05) is 50.4 Å². The van der Waals surface area contributed by atoms with Crippen LogP contribution in [0.1, 0.15) is 22.6 Å². The summed E-state index contributed by atoms with van der Waals surface area (Å²) in [6, 6.07) is 11.4. The average molecular weight is 409 g/mol. The van der Waals surface area contributed by atoms with Crippen LogP contribution >= 0.6 is 11.8 Å². The van der Waals surface area contributed by atoms with Gasteiger partial charge in [0.25, 0.3) is 5.78 Å². The molecule has 0 saturated carbocycles. The summed E-state index contributed by atoms with van der Waals surface area (Å²) in [6.45, 7) is 3.79. The third kappa shape index (κ3) is 4.00. The van der Waals surface area contributed by atoms with Crippen LogP contribution in [-0.2, 0) is 22.6 Å². The molecule has 0 aliphatic heterocycles. The predicted octanol–water partition coefficient (Wildman–Crippen LogP) is 3.40. The highest BCUT2D eigenvalue weighted by molar-refractivity contribution is 7.98. The summed E-state index contributed by atoms with van der Waals surface area (Å²) < 4.78 is 12.4. The monoisotopic (exact) mass is 409 g/mol. The van der Waals surface area contributed by atoms with Gasteiger partial charge >= 0.3 is 5.97 Å². The Bertz CT molecular complexity index is 1170. The number of ether oxygens (including phenoxy) is 1. The second-order valence-corrected chi connectivity index (χ2v) is 7.23. The number of carbonyl (C=O) groups is 1. The number of aromatic nitrogens is 5. The third-order valence-electron chi connectivity index (χ3n) is 4.53. The molecule has 3 aromatic heterocycles. The van der Waals surface area contributed by atoms with Gasteiger partial charge in [0.05, 0.1) is 6.42 Å². The van der Waals surface area contributed by atoms with Crippen molar-refractivity contribution in [1.82, 2.24) is 24.7 Å². The first-order chi connectivity index (χ1) is 14.0. The number of rotatable bonds is 6. The molecular formula is C20H19N5O3S. The quantitative estimate of drug-likeness (QED) is 0.353. The van der Waals surface area contributed by atoms with Crippen molar-refractivity contribution in [3.63, 3.8) is 0 Å². The highest BCUT2D eigenvalue weighted by Crippen LogP contribution is 2.21. The van der Waals surface area contributed by atoms with Crippen molar-refractivity contribution in [3.8, 4) is 11.3 Å². The minimum absolute atomic E-state index is 0.0445. The molecule has 29 heavy (non-hydrogen) atoms. The normalized spacial score (nSPS) is 11.1. The third-order valence-corrected chi connectivity index (χ3v) is 5.07. The van der Waals surface area contributed by atoms with Crippen molar-refractivity contribution in [2.75, 3.05) is 6.26 Å². The fraction of sp³-hybridized carbons (Fsp3) is 0.250. The van der Waals surface area contributed by atoms with Gasteiger partial charge in [0.1, 0.15) is 12.3 Å². The van der Waals surface area contributed by atoms with Crippen molar-refractivity contribution in [2.24, 2.45) is 0 Å². The molecule has 0 fully saturated rings. The van der Waals surface area contributed by atoms with Crippen LogP contribution < -0.4 is 0 Å². The Hall–Kier alpha value is -3.20. The van der Waals surface area contributed by atoms with E-state index in [1.54, 1.807) is 10.6 Å². The van der Waals surface area contributed by atoms with Crippen LogP contribution in [-0.4, -0.2) is 37.0 Å². The Labute approximate surface area is 171 Å². The summed E-state index contributed by atoms with van der Waals surface area (Å²) in [5, 5.41) is 9.01. The second-order valence-electron chi connectivity index (χ2n) is 6.46. The Balaban J connectivity index is 1.44. The highest BCUT2D eigenvalue weighted by Gasteiger charge is 2.17. The van der Waals surface area contributed by atoms with Crippen molar-refractivity contribution in [2.45, 2.75) is 32.0 Å². The van der Waals surface area contributed by atoms with Gasteiger partial charge in [0.15, 0.2) is 5.76 Å². The van der Waals surface area contributed by atoms with E-state index in [9.17, 15) is 4.79 Å². The summed E-state index contributed by atoms with van der Waals surface area (Å²) in [4.78, 5) is 21.2. The zero-order valence-electron chi connectivity index (χ0n) is 16.2. The molecule has 0 saturated heterocycles. The summed E-state index contributed by atoms with van der Waals surface area (Å²) in [7, 11) is 0. The summed E-state index contributed by atoms with van der Waals surface area (Å²) >= 11 is 1.44. The van der Waals surface area contributed by atoms with E-state index in [0.717, 1.165) is 22.5 Å². The molecule has 0 N–H and O–H groups in total. The predicted molar refractivity (Wildman–Crippen MR) is 107 cm³/mol. The van der Waals surface area contributed by atoms with Gasteiger partial charge in [0, 0.05) is 28.6 Å². The maximum Gasteiger partial charge on any atom is 0.310 e. The Morgan fingerprint density at radius 1 is 1.21 bits per heavy atom. The SMILES string of the molecule is CSc1nc2nc(C)c(CC(=O)OCc3cc(-c4ccccc4)on3)c(C)n2n1. The lowest BCUT2D eigenvalue weighted by atomic mass is 10.1. The lowest BCUT2D eigenvalue weighted by molar-refractivity contribution is -0.144. The molecule has 9 heteroatoms. The first-order valence-corrected chi connectivity index (χ1v) is 10.2. The number of nitrogens with zero attached hydrogens (tertiary/aromatic N) is 5. The van der Waals surface area contributed by atoms with Crippen molar-refractivity contribution < 1.29 is 14.1 Å². The van der Waals surface area contributed by atoms with E-state index in [1.165, 1.54) is 11.8 Å². The minimum atomic E-state index is -0.369. The van der Waals surface area contributed by atoms with Crippen LogP contribution in [0.15, 0.2) is 46.1 Å². The van der Waals surface area contributed by atoms with Gasteiger partial charge in [-0.25, -0.2) is 9.50 Å². The Morgan fingerprint density at radius 3 is 2.76 bits per heavy atom. The second kappa shape index (κ2) is 8.04. The molecule has 4 aromatic rings. The average Bonchev–Trinajstić information content (AvgIpc) is 3.37. The molecule has 0 aliphatic carbocycles. The smallest absolute Gasteiger partial charge is 0.310 e. The molecule has 0 atom stereocenters. The molecular weight excluding hydrogens is 390 g/mol. The van der Waals surface area contributed by atoms with Crippen LogP contribution in [0.4, 0.5) is 0 Å². The zero-order valence-corrected chi connectivity index (χ0v) is 17.1. The van der Waals surface area contributed by atoms with Crippen molar-refractivity contribution in [3.05, 3.63) is 59.0 Å². The van der Waals surface area contributed by atoms with Crippen LogP contribution in [0, 0.1) is 13.8 Å². The summed E-state index contributed by atoms with van der Waals surface area (Å²) in [5.74, 6) is 0.790.